The second-order valence-electron chi connectivity index (χ2n) is 8.55. The van der Waals surface area contributed by atoms with Gasteiger partial charge in [0.1, 0.15) is 5.75 Å². The summed E-state index contributed by atoms with van der Waals surface area (Å²) >= 11 is 0. The third-order valence-corrected chi connectivity index (χ3v) is 6.37. The van der Waals surface area contributed by atoms with Crippen LogP contribution in [0.4, 0.5) is 5.69 Å². The number of ether oxygens (including phenoxy) is 1. The number of methoxy groups -OCH3 is 1. The van der Waals surface area contributed by atoms with Crippen LogP contribution in [0, 0.1) is 17.8 Å². The van der Waals surface area contributed by atoms with E-state index in [1.165, 1.54) is 0 Å². The Labute approximate surface area is 182 Å². The van der Waals surface area contributed by atoms with E-state index in [2.05, 4.69) is 12.2 Å². The molecule has 2 fully saturated rings. The van der Waals surface area contributed by atoms with Gasteiger partial charge >= 0.3 is 0 Å². The number of benzene rings is 2. The molecule has 2 unspecified atom stereocenters. The maximum Gasteiger partial charge on any atom is 0.253 e. The SMILES string of the molecule is COc1ccc(C(=O)C2CCN(C(=O)c3ccc(NC(=O)C4CC4C)cc3)CC2)cc1. The van der Waals surface area contributed by atoms with Crippen LogP contribution in [0.15, 0.2) is 48.5 Å². The minimum Gasteiger partial charge on any atom is -0.497 e. The third kappa shape index (κ3) is 4.79. The van der Waals surface area contributed by atoms with E-state index in [-0.39, 0.29) is 29.4 Å². The molecule has 2 aromatic carbocycles. The molecular formula is C25H28N2O4. The van der Waals surface area contributed by atoms with Crippen molar-refractivity contribution in [2.75, 3.05) is 25.5 Å². The van der Waals surface area contributed by atoms with Crippen LogP contribution < -0.4 is 10.1 Å². The summed E-state index contributed by atoms with van der Waals surface area (Å²) in [6.07, 6.45) is 2.26. The van der Waals surface area contributed by atoms with E-state index in [9.17, 15) is 14.4 Å². The van der Waals surface area contributed by atoms with E-state index >= 15 is 0 Å². The number of nitrogens with one attached hydrogen (secondary N) is 1. The van der Waals surface area contributed by atoms with Gasteiger partial charge in [-0.2, -0.15) is 0 Å². The van der Waals surface area contributed by atoms with Gasteiger partial charge in [0.05, 0.1) is 7.11 Å². The minimum atomic E-state index is -0.0696. The molecule has 1 N–H and O–H groups in total. The number of piperidine rings is 1. The van der Waals surface area contributed by atoms with E-state index in [0.29, 0.717) is 48.7 Å². The number of anilines is 1. The molecule has 1 saturated carbocycles. The molecular weight excluding hydrogens is 392 g/mol. The summed E-state index contributed by atoms with van der Waals surface area (Å²) in [5.41, 5.74) is 1.99. The Bertz CT molecular complexity index is 960. The molecule has 6 heteroatoms. The third-order valence-electron chi connectivity index (χ3n) is 6.37. The van der Waals surface area contributed by atoms with Gasteiger partial charge in [0.2, 0.25) is 5.91 Å². The molecule has 1 saturated heterocycles. The lowest BCUT2D eigenvalue weighted by atomic mass is 9.88. The molecule has 31 heavy (non-hydrogen) atoms. The van der Waals surface area contributed by atoms with Crippen molar-refractivity contribution >= 4 is 23.3 Å². The minimum absolute atomic E-state index is 0.0379. The second-order valence-corrected chi connectivity index (χ2v) is 8.55. The van der Waals surface area contributed by atoms with Gasteiger partial charge in [-0.3, -0.25) is 14.4 Å². The quantitative estimate of drug-likeness (QED) is 0.716. The fourth-order valence-corrected chi connectivity index (χ4v) is 4.14. The highest BCUT2D eigenvalue weighted by molar-refractivity contribution is 5.99. The first-order chi connectivity index (χ1) is 15.0. The molecule has 1 aliphatic carbocycles. The first-order valence-corrected chi connectivity index (χ1v) is 10.8. The zero-order valence-corrected chi connectivity index (χ0v) is 18.0. The number of nitrogens with zero attached hydrogens (tertiary/aromatic N) is 1. The van der Waals surface area contributed by atoms with Crippen molar-refractivity contribution in [3.63, 3.8) is 0 Å². The molecule has 2 aromatic rings. The van der Waals surface area contributed by atoms with Crippen LogP contribution in [-0.2, 0) is 4.79 Å². The topological polar surface area (TPSA) is 75.7 Å². The molecule has 0 bridgehead atoms. The number of carbonyl (C=O) groups is 3. The Balaban J connectivity index is 1.30. The van der Waals surface area contributed by atoms with Gasteiger partial charge in [0.25, 0.3) is 5.91 Å². The van der Waals surface area contributed by atoms with Crippen LogP contribution in [0.3, 0.4) is 0 Å². The zero-order valence-electron chi connectivity index (χ0n) is 18.0. The number of amides is 2. The molecule has 0 spiro atoms. The van der Waals surface area contributed by atoms with E-state index < -0.39 is 0 Å². The predicted octanol–water partition coefficient (Wildman–Crippen LogP) is 4.02. The summed E-state index contributed by atoms with van der Waals surface area (Å²) in [5, 5.41) is 2.91. The summed E-state index contributed by atoms with van der Waals surface area (Å²) in [5.74, 6) is 1.37. The number of ketones is 1. The van der Waals surface area contributed by atoms with E-state index in [1.807, 2.05) is 0 Å². The van der Waals surface area contributed by atoms with Crippen molar-refractivity contribution in [1.29, 1.82) is 0 Å². The summed E-state index contributed by atoms with van der Waals surface area (Å²) in [7, 11) is 1.60. The Morgan fingerprint density at radius 1 is 0.935 bits per heavy atom. The molecule has 1 aliphatic heterocycles. The summed E-state index contributed by atoms with van der Waals surface area (Å²) in [4.78, 5) is 39.5. The van der Waals surface area contributed by atoms with E-state index in [4.69, 9.17) is 4.74 Å². The molecule has 0 radical (unpaired) electrons. The van der Waals surface area contributed by atoms with Crippen molar-refractivity contribution in [3.8, 4) is 5.75 Å². The predicted molar refractivity (Wildman–Crippen MR) is 118 cm³/mol. The lowest BCUT2D eigenvalue weighted by Crippen LogP contribution is -2.40. The Kier molecular flexibility index (Phi) is 6.07. The first kappa shape index (κ1) is 21.1. The van der Waals surface area contributed by atoms with Gasteiger partial charge in [-0.1, -0.05) is 6.92 Å². The van der Waals surface area contributed by atoms with Crippen molar-refractivity contribution in [1.82, 2.24) is 4.90 Å². The fourth-order valence-electron chi connectivity index (χ4n) is 4.14. The van der Waals surface area contributed by atoms with Gasteiger partial charge in [-0.15, -0.1) is 0 Å². The monoisotopic (exact) mass is 420 g/mol. The summed E-state index contributed by atoms with van der Waals surface area (Å²) in [6, 6.07) is 14.2. The van der Waals surface area contributed by atoms with Gasteiger partial charge in [0.15, 0.2) is 5.78 Å². The van der Waals surface area contributed by atoms with Gasteiger partial charge in [0, 0.05) is 41.7 Å². The van der Waals surface area contributed by atoms with Crippen molar-refractivity contribution in [3.05, 3.63) is 59.7 Å². The van der Waals surface area contributed by atoms with Crippen LogP contribution in [-0.4, -0.2) is 42.7 Å². The molecule has 2 atom stereocenters. The molecule has 4 rings (SSSR count). The number of hydrogen-bond donors (Lipinski definition) is 1. The highest BCUT2D eigenvalue weighted by Crippen LogP contribution is 2.38. The summed E-state index contributed by atoms with van der Waals surface area (Å²) < 4.78 is 5.14. The lowest BCUT2D eigenvalue weighted by Gasteiger charge is -2.31. The van der Waals surface area contributed by atoms with Crippen LogP contribution in [0.25, 0.3) is 0 Å². The average molecular weight is 421 g/mol. The van der Waals surface area contributed by atoms with Crippen molar-refractivity contribution in [2.24, 2.45) is 17.8 Å². The van der Waals surface area contributed by atoms with Crippen molar-refractivity contribution < 1.29 is 19.1 Å². The van der Waals surface area contributed by atoms with Gasteiger partial charge in [-0.25, -0.2) is 0 Å². The fraction of sp³-hybridized carbons (Fsp3) is 0.400. The molecule has 6 nitrogen and oxygen atoms in total. The van der Waals surface area contributed by atoms with E-state index in [0.717, 1.165) is 12.2 Å². The van der Waals surface area contributed by atoms with Crippen LogP contribution in [0.5, 0.6) is 5.75 Å². The largest absolute Gasteiger partial charge is 0.497 e. The zero-order chi connectivity index (χ0) is 22.0. The van der Waals surface area contributed by atoms with Crippen molar-refractivity contribution in [2.45, 2.75) is 26.2 Å². The number of hydrogen-bond acceptors (Lipinski definition) is 4. The molecule has 162 valence electrons. The molecule has 0 aromatic heterocycles. The standard InChI is InChI=1S/C25H28N2O4/c1-16-15-22(16)24(29)26-20-7-3-19(4-8-20)25(30)27-13-11-18(12-14-27)23(28)17-5-9-21(31-2)10-6-17/h3-10,16,18,22H,11-15H2,1-2H3,(H,26,29). The number of likely N-dealkylation sites (tertiary alicyclic amines) is 1. The summed E-state index contributed by atoms with van der Waals surface area (Å²) in [6.45, 7) is 3.19. The second kappa shape index (κ2) is 8.92. The lowest BCUT2D eigenvalue weighted by molar-refractivity contribution is -0.117. The van der Waals surface area contributed by atoms with Gasteiger partial charge < -0.3 is 15.0 Å². The molecule has 2 aliphatic rings. The van der Waals surface area contributed by atoms with Crippen LogP contribution in [0.2, 0.25) is 0 Å². The van der Waals surface area contributed by atoms with Crippen LogP contribution in [0.1, 0.15) is 46.9 Å². The number of Topliss-reactive ketones (excluding diaryl/α,β-unsaturated/α-hetero) is 1. The number of carbonyl (C=O) groups excluding carboxylic acids is 3. The average Bonchev–Trinajstić information content (AvgIpc) is 3.55. The molecule has 2 amide bonds. The highest BCUT2D eigenvalue weighted by Gasteiger charge is 2.39. The Morgan fingerprint density at radius 3 is 2.06 bits per heavy atom. The van der Waals surface area contributed by atoms with E-state index in [1.54, 1.807) is 60.5 Å². The smallest absolute Gasteiger partial charge is 0.253 e. The van der Waals surface area contributed by atoms with Crippen LogP contribution >= 0.6 is 0 Å². The normalized spacial score (nSPS) is 20.8. The maximum absolute atomic E-state index is 12.9. The Hall–Kier alpha value is -3.15. The maximum atomic E-state index is 12.9. The highest BCUT2D eigenvalue weighted by atomic mass is 16.5. The first-order valence-electron chi connectivity index (χ1n) is 10.8. The Morgan fingerprint density at radius 2 is 1.52 bits per heavy atom. The number of rotatable bonds is 6. The van der Waals surface area contributed by atoms with Gasteiger partial charge in [-0.05, 0) is 73.7 Å². The molecule has 1 heterocycles.